The average Bonchev–Trinajstić information content (AvgIpc) is 2.99. The quantitative estimate of drug-likeness (QED) is 0.493. The van der Waals surface area contributed by atoms with Gasteiger partial charge in [-0.05, 0) is 60.4 Å². The van der Waals surface area contributed by atoms with E-state index in [9.17, 15) is 9.90 Å². The Morgan fingerprint density at radius 2 is 1.58 bits per heavy atom. The van der Waals surface area contributed by atoms with Gasteiger partial charge in [-0.15, -0.1) is 0 Å². The monoisotopic (exact) mass is 422 g/mol. The van der Waals surface area contributed by atoms with Gasteiger partial charge in [0.25, 0.3) is 0 Å². The van der Waals surface area contributed by atoms with E-state index in [0.29, 0.717) is 25.4 Å². The lowest BCUT2D eigenvalue weighted by molar-refractivity contribution is 0.414. The van der Waals surface area contributed by atoms with E-state index < -0.39 is 0 Å². The summed E-state index contributed by atoms with van der Waals surface area (Å²) >= 11 is 0. The molecule has 1 N–H and O–H groups in total. The van der Waals surface area contributed by atoms with Crippen molar-refractivity contribution >= 4 is 0 Å². The molecule has 1 aromatic heterocycles. The number of hydrogen-bond donors (Lipinski definition) is 1. The summed E-state index contributed by atoms with van der Waals surface area (Å²) in [6.07, 6.45) is 3.24. The van der Waals surface area contributed by atoms with Gasteiger partial charge < -0.3 is 9.84 Å². The Balaban J connectivity index is 1.77. The smallest absolute Gasteiger partial charge is 0.331 e. The van der Waals surface area contributed by atoms with Crippen molar-refractivity contribution in [3.63, 3.8) is 0 Å². The SMILES string of the molecule is CCCn1c(CCCc2ccc(OC)cc2)c(O)n(Cc2ccc(C(C)C)cc2)c1=O. The van der Waals surface area contributed by atoms with Gasteiger partial charge >= 0.3 is 5.69 Å². The maximum Gasteiger partial charge on any atom is 0.331 e. The van der Waals surface area contributed by atoms with Crippen molar-refractivity contribution in [1.29, 1.82) is 0 Å². The van der Waals surface area contributed by atoms with E-state index in [0.717, 1.165) is 36.3 Å². The summed E-state index contributed by atoms with van der Waals surface area (Å²) in [5, 5.41) is 10.9. The largest absolute Gasteiger partial charge is 0.497 e. The number of methoxy groups -OCH3 is 1. The van der Waals surface area contributed by atoms with E-state index >= 15 is 0 Å². The number of aromatic hydroxyl groups is 1. The topological polar surface area (TPSA) is 56.4 Å². The Kier molecular flexibility index (Phi) is 7.61. The standard InChI is InChI=1S/C26H34N2O3/c1-5-17-27-24(8-6-7-20-11-15-23(31-4)16-12-20)25(29)28(26(27)30)18-21-9-13-22(14-10-21)19(2)3/h9-16,19,29H,5-8,17-18H2,1-4H3. The van der Waals surface area contributed by atoms with Crippen molar-refractivity contribution in [2.45, 2.75) is 65.5 Å². The van der Waals surface area contributed by atoms with E-state index in [4.69, 9.17) is 4.74 Å². The Bertz CT molecular complexity index is 1030. The minimum absolute atomic E-state index is 0.0983. The first-order chi connectivity index (χ1) is 14.9. The molecular weight excluding hydrogens is 388 g/mol. The zero-order valence-electron chi connectivity index (χ0n) is 19.1. The van der Waals surface area contributed by atoms with Crippen LogP contribution in [-0.2, 0) is 25.9 Å². The predicted octanol–water partition coefficient (Wildman–Crippen LogP) is 5.12. The van der Waals surface area contributed by atoms with Crippen LogP contribution in [0.4, 0.5) is 0 Å². The second kappa shape index (κ2) is 10.4. The highest BCUT2D eigenvalue weighted by molar-refractivity contribution is 5.29. The number of ether oxygens (including phenoxy) is 1. The second-order valence-electron chi connectivity index (χ2n) is 8.39. The van der Waals surface area contributed by atoms with Crippen LogP contribution in [0, 0.1) is 0 Å². The molecule has 0 aliphatic heterocycles. The van der Waals surface area contributed by atoms with Crippen molar-refractivity contribution in [1.82, 2.24) is 9.13 Å². The van der Waals surface area contributed by atoms with Gasteiger partial charge in [-0.2, -0.15) is 0 Å². The van der Waals surface area contributed by atoms with Crippen LogP contribution in [0.15, 0.2) is 53.3 Å². The number of imidazole rings is 1. The zero-order chi connectivity index (χ0) is 22.4. The maximum atomic E-state index is 13.0. The summed E-state index contributed by atoms with van der Waals surface area (Å²) in [6.45, 7) is 7.37. The summed E-state index contributed by atoms with van der Waals surface area (Å²) in [7, 11) is 1.66. The van der Waals surface area contributed by atoms with E-state index in [2.05, 4.69) is 38.1 Å². The molecule has 0 saturated heterocycles. The molecule has 31 heavy (non-hydrogen) atoms. The predicted molar refractivity (Wildman–Crippen MR) is 125 cm³/mol. The Morgan fingerprint density at radius 3 is 2.16 bits per heavy atom. The van der Waals surface area contributed by atoms with E-state index in [1.807, 2.05) is 31.2 Å². The van der Waals surface area contributed by atoms with Crippen molar-refractivity contribution in [3.05, 3.63) is 81.4 Å². The summed E-state index contributed by atoms with van der Waals surface area (Å²) in [4.78, 5) is 13.0. The fraction of sp³-hybridized carbons (Fsp3) is 0.423. The van der Waals surface area contributed by atoms with Crippen LogP contribution >= 0.6 is 0 Å². The van der Waals surface area contributed by atoms with Gasteiger partial charge in [0.05, 0.1) is 19.3 Å². The van der Waals surface area contributed by atoms with Crippen molar-refractivity contribution < 1.29 is 9.84 Å². The van der Waals surface area contributed by atoms with Crippen LogP contribution in [0.5, 0.6) is 11.6 Å². The van der Waals surface area contributed by atoms with Crippen LogP contribution in [0.1, 0.15) is 61.9 Å². The van der Waals surface area contributed by atoms with Crippen molar-refractivity contribution in [2.75, 3.05) is 7.11 Å². The molecule has 0 aliphatic carbocycles. The molecular formula is C26H34N2O3. The second-order valence-corrected chi connectivity index (χ2v) is 8.39. The number of hydrogen-bond acceptors (Lipinski definition) is 3. The van der Waals surface area contributed by atoms with Gasteiger partial charge in [0, 0.05) is 6.54 Å². The first-order valence-corrected chi connectivity index (χ1v) is 11.2. The van der Waals surface area contributed by atoms with Crippen LogP contribution < -0.4 is 10.4 Å². The molecule has 0 amide bonds. The first kappa shape index (κ1) is 22.7. The number of nitrogens with zero attached hydrogens (tertiary/aromatic N) is 2. The summed E-state index contributed by atoms with van der Waals surface area (Å²) in [6, 6.07) is 16.3. The zero-order valence-corrected chi connectivity index (χ0v) is 19.1. The van der Waals surface area contributed by atoms with Crippen LogP contribution in [0.3, 0.4) is 0 Å². The lowest BCUT2D eigenvalue weighted by Gasteiger charge is -2.08. The molecule has 0 fully saturated rings. The van der Waals surface area contributed by atoms with Crippen LogP contribution in [0.25, 0.3) is 0 Å². The minimum Gasteiger partial charge on any atom is -0.497 e. The molecule has 2 aromatic carbocycles. The normalized spacial score (nSPS) is 11.3. The number of aromatic nitrogens is 2. The van der Waals surface area contributed by atoms with Crippen molar-refractivity contribution in [3.8, 4) is 11.6 Å². The number of benzene rings is 2. The Hall–Kier alpha value is -2.95. The summed E-state index contributed by atoms with van der Waals surface area (Å²) in [5.74, 6) is 1.41. The van der Waals surface area contributed by atoms with Gasteiger partial charge in [0.1, 0.15) is 5.75 Å². The van der Waals surface area contributed by atoms with E-state index in [-0.39, 0.29) is 11.6 Å². The maximum absolute atomic E-state index is 13.0. The number of rotatable bonds is 10. The highest BCUT2D eigenvalue weighted by Gasteiger charge is 2.19. The fourth-order valence-corrected chi connectivity index (χ4v) is 3.91. The van der Waals surface area contributed by atoms with E-state index in [1.54, 1.807) is 11.7 Å². The minimum atomic E-state index is -0.133. The van der Waals surface area contributed by atoms with Gasteiger partial charge in [0.2, 0.25) is 5.88 Å². The molecule has 0 aliphatic rings. The molecule has 5 nitrogen and oxygen atoms in total. The fourth-order valence-electron chi connectivity index (χ4n) is 3.91. The Morgan fingerprint density at radius 1 is 0.935 bits per heavy atom. The van der Waals surface area contributed by atoms with Crippen LogP contribution in [-0.4, -0.2) is 21.4 Å². The highest BCUT2D eigenvalue weighted by atomic mass is 16.5. The molecule has 5 heteroatoms. The molecule has 1 heterocycles. The molecule has 0 atom stereocenters. The van der Waals surface area contributed by atoms with Crippen molar-refractivity contribution in [2.24, 2.45) is 0 Å². The molecule has 0 bridgehead atoms. The lowest BCUT2D eigenvalue weighted by Crippen LogP contribution is -2.25. The average molecular weight is 423 g/mol. The van der Waals surface area contributed by atoms with Crippen LogP contribution in [0.2, 0.25) is 0 Å². The molecule has 166 valence electrons. The summed E-state index contributed by atoms with van der Waals surface area (Å²) < 4.78 is 8.45. The third kappa shape index (κ3) is 5.40. The molecule has 0 radical (unpaired) electrons. The molecule has 0 saturated carbocycles. The highest BCUT2D eigenvalue weighted by Crippen LogP contribution is 2.22. The lowest BCUT2D eigenvalue weighted by atomic mass is 10.0. The molecule has 3 aromatic rings. The molecule has 0 spiro atoms. The van der Waals surface area contributed by atoms with Gasteiger partial charge in [0.15, 0.2) is 0 Å². The third-order valence-corrected chi connectivity index (χ3v) is 5.77. The first-order valence-electron chi connectivity index (χ1n) is 11.2. The Labute approximate surface area is 184 Å². The van der Waals surface area contributed by atoms with Gasteiger partial charge in [-0.1, -0.05) is 57.2 Å². The number of aryl methyl sites for hydroxylation is 1. The summed E-state index contributed by atoms with van der Waals surface area (Å²) in [5.41, 5.74) is 4.10. The molecule has 0 unspecified atom stereocenters. The van der Waals surface area contributed by atoms with Gasteiger partial charge in [-0.25, -0.2) is 4.79 Å². The van der Waals surface area contributed by atoms with Gasteiger partial charge in [-0.3, -0.25) is 9.13 Å². The van der Waals surface area contributed by atoms with E-state index in [1.165, 1.54) is 15.7 Å². The molecule has 3 rings (SSSR count). The third-order valence-electron chi connectivity index (χ3n) is 5.77.